The van der Waals surface area contributed by atoms with Gasteiger partial charge < -0.3 is 10.6 Å². The fourth-order valence-corrected chi connectivity index (χ4v) is 2.95. The lowest BCUT2D eigenvalue weighted by Gasteiger charge is -2.22. The number of aryl methyl sites for hydroxylation is 1. The van der Waals surface area contributed by atoms with Crippen LogP contribution in [0.1, 0.15) is 55.9 Å². The number of likely N-dealkylation sites (tertiary alicyclic amines) is 1. The molecule has 7 heteroatoms. The molecule has 2 amide bonds. The molecule has 2 aromatic rings. The number of nitrogens with two attached hydrogens (primary N) is 1. The number of rotatable bonds is 3. The quantitative estimate of drug-likeness (QED) is 0.941. The second kappa shape index (κ2) is 5.98. The van der Waals surface area contributed by atoms with Crippen LogP contribution in [-0.4, -0.2) is 37.2 Å². The molecule has 1 aliphatic rings. The van der Waals surface area contributed by atoms with E-state index >= 15 is 0 Å². The van der Waals surface area contributed by atoms with E-state index in [0.717, 1.165) is 35.9 Å². The highest BCUT2D eigenvalue weighted by molar-refractivity contribution is 5.72. The van der Waals surface area contributed by atoms with E-state index < -0.39 is 6.03 Å². The third kappa shape index (κ3) is 2.78. The van der Waals surface area contributed by atoms with Crippen molar-refractivity contribution in [1.82, 2.24) is 24.6 Å². The first-order valence-corrected chi connectivity index (χ1v) is 7.94. The fraction of sp³-hybridized carbons (Fsp3) is 0.500. The molecule has 0 unspecified atom stereocenters. The minimum absolute atomic E-state index is 0.145. The van der Waals surface area contributed by atoms with E-state index in [2.05, 4.69) is 23.9 Å². The minimum atomic E-state index is -0.411. The summed E-state index contributed by atoms with van der Waals surface area (Å²) in [5.41, 5.74) is 6.54. The standard InChI is InChI=1S/C16H22N6O/c1-10(2)13-19-15(12-7-5-9-21(12)16(17)23)22(20-13)14-11(3)6-4-8-18-14/h4,6,8,10,12H,5,7,9H2,1-3H3,(H2,17,23)/t12-/m0/s1. The van der Waals surface area contributed by atoms with Crippen molar-refractivity contribution in [2.24, 2.45) is 5.73 Å². The summed E-state index contributed by atoms with van der Waals surface area (Å²) in [5.74, 6) is 2.44. The number of nitrogens with zero attached hydrogens (tertiary/aromatic N) is 5. The zero-order valence-electron chi connectivity index (χ0n) is 13.7. The number of urea groups is 1. The number of hydrogen-bond donors (Lipinski definition) is 1. The van der Waals surface area contributed by atoms with E-state index in [0.29, 0.717) is 6.54 Å². The molecule has 23 heavy (non-hydrogen) atoms. The molecule has 3 heterocycles. The van der Waals surface area contributed by atoms with Crippen molar-refractivity contribution in [3.8, 4) is 5.82 Å². The SMILES string of the molecule is Cc1cccnc1-n1nc(C(C)C)nc1[C@@H]1CCCN1C(N)=O. The van der Waals surface area contributed by atoms with Gasteiger partial charge in [0.25, 0.3) is 0 Å². The second-order valence-electron chi connectivity index (χ2n) is 6.23. The molecule has 2 aromatic heterocycles. The van der Waals surface area contributed by atoms with Crippen LogP contribution in [0.5, 0.6) is 0 Å². The van der Waals surface area contributed by atoms with Crippen LogP contribution in [0.3, 0.4) is 0 Å². The van der Waals surface area contributed by atoms with Crippen LogP contribution in [0.2, 0.25) is 0 Å². The summed E-state index contributed by atoms with van der Waals surface area (Å²) in [6.07, 6.45) is 3.49. The predicted molar refractivity (Wildman–Crippen MR) is 86.2 cm³/mol. The van der Waals surface area contributed by atoms with Gasteiger partial charge >= 0.3 is 6.03 Å². The van der Waals surface area contributed by atoms with Crippen LogP contribution in [0.15, 0.2) is 18.3 Å². The average molecular weight is 314 g/mol. The van der Waals surface area contributed by atoms with E-state index in [1.54, 1.807) is 15.8 Å². The average Bonchev–Trinajstić information content (AvgIpc) is 3.14. The minimum Gasteiger partial charge on any atom is -0.351 e. The van der Waals surface area contributed by atoms with Crippen LogP contribution >= 0.6 is 0 Å². The molecule has 1 atom stereocenters. The first-order chi connectivity index (χ1) is 11.0. The molecule has 0 spiro atoms. The Balaban J connectivity index is 2.12. The summed E-state index contributed by atoms with van der Waals surface area (Å²) in [6.45, 7) is 6.75. The fourth-order valence-electron chi connectivity index (χ4n) is 2.95. The number of aromatic nitrogens is 4. The Morgan fingerprint density at radius 2 is 2.22 bits per heavy atom. The molecular weight excluding hydrogens is 292 g/mol. The summed E-state index contributed by atoms with van der Waals surface area (Å²) >= 11 is 0. The van der Waals surface area contributed by atoms with Crippen molar-refractivity contribution >= 4 is 6.03 Å². The van der Waals surface area contributed by atoms with Crippen molar-refractivity contribution in [2.45, 2.75) is 45.6 Å². The molecule has 0 bridgehead atoms. The highest BCUT2D eigenvalue weighted by Crippen LogP contribution is 2.32. The number of pyridine rings is 1. The molecule has 0 aliphatic carbocycles. The van der Waals surface area contributed by atoms with Gasteiger partial charge in [0, 0.05) is 18.7 Å². The van der Waals surface area contributed by atoms with Crippen molar-refractivity contribution in [3.63, 3.8) is 0 Å². The Morgan fingerprint density at radius 1 is 1.43 bits per heavy atom. The summed E-state index contributed by atoms with van der Waals surface area (Å²) in [4.78, 5) is 22.5. The van der Waals surface area contributed by atoms with E-state index in [1.807, 2.05) is 19.1 Å². The largest absolute Gasteiger partial charge is 0.351 e. The van der Waals surface area contributed by atoms with Crippen LogP contribution in [0.25, 0.3) is 5.82 Å². The topological polar surface area (TPSA) is 89.9 Å². The summed E-state index contributed by atoms with van der Waals surface area (Å²) in [7, 11) is 0. The van der Waals surface area contributed by atoms with Crippen LogP contribution < -0.4 is 5.73 Å². The lowest BCUT2D eigenvalue weighted by atomic mass is 10.2. The van der Waals surface area contributed by atoms with Gasteiger partial charge in [-0.2, -0.15) is 4.68 Å². The molecule has 1 fully saturated rings. The Hall–Kier alpha value is -2.44. The van der Waals surface area contributed by atoms with Gasteiger partial charge in [0.1, 0.15) is 0 Å². The third-order valence-corrected chi connectivity index (χ3v) is 4.18. The Labute approximate surface area is 135 Å². The molecular formula is C16H22N6O. The number of hydrogen-bond acceptors (Lipinski definition) is 4. The smallest absolute Gasteiger partial charge is 0.315 e. The van der Waals surface area contributed by atoms with Crippen molar-refractivity contribution in [1.29, 1.82) is 0 Å². The number of carbonyl (C=O) groups excluding carboxylic acids is 1. The van der Waals surface area contributed by atoms with Crippen molar-refractivity contribution in [2.75, 3.05) is 6.54 Å². The molecule has 1 aliphatic heterocycles. The van der Waals surface area contributed by atoms with Crippen LogP contribution in [-0.2, 0) is 0 Å². The molecule has 0 saturated carbocycles. The van der Waals surface area contributed by atoms with Gasteiger partial charge in [-0.3, -0.25) is 0 Å². The molecule has 3 rings (SSSR count). The maximum atomic E-state index is 11.7. The van der Waals surface area contributed by atoms with Crippen molar-refractivity contribution < 1.29 is 4.79 Å². The van der Waals surface area contributed by atoms with Crippen LogP contribution in [0, 0.1) is 6.92 Å². The number of amides is 2. The van der Waals surface area contributed by atoms with E-state index in [1.165, 1.54) is 0 Å². The third-order valence-electron chi connectivity index (χ3n) is 4.18. The second-order valence-corrected chi connectivity index (χ2v) is 6.23. The lowest BCUT2D eigenvalue weighted by Crippen LogP contribution is -2.36. The first-order valence-electron chi connectivity index (χ1n) is 7.94. The first kappa shape index (κ1) is 15.5. The molecule has 7 nitrogen and oxygen atoms in total. The van der Waals surface area contributed by atoms with Gasteiger partial charge in [-0.25, -0.2) is 14.8 Å². The van der Waals surface area contributed by atoms with E-state index in [9.17, 15) is 4.79 Å². The highest BCUT2D eigenvalue weighted by Gasteiger charge is 2.34. The molecule has 0 radical (unpaired) electrons. The zero-order chi connectivity index (χ0) is 16.6. The molecule has 0 aromatic carbocycles. The molecule has 1 saturated heterocycles. The zero-order valence-corrected chi connectivity index (χ0v) is 13.7. The Morgan fingerprint density at radius 3 is 2.87 bits per heavy atom. The lowest BCUT2D eigenvalue weighted by molar-refractivity contribution is 0.200. The number of primary amides is 1. The maximum absolute atomic E-state index is 11.7. The molecule has 2 N–H and O–H groups in total. The number of carbonyl (C=O) groups is 1. The Kier molecular flexibility index (Phi) is 4.02. The monoisotopic (exact) mass is 314 g/mol. The summed E-state index contributed by atoms with van der Waals surface area (Å²) in [5, 5.41) is 4.64. The van der Waals surface area contributed by atoms with Gasteiger partial charge in [-0.15, -0.1) is 5.10 Å². The van der Waals surface area contributed by atoms with Crippen molar-refractivity contribution in [3.05, 3.63) is 35.5 Å². The van der Waals surface area contributed by atoms with Gasteiger partial charge in [0.05, 0.1) is 6.04 Å². The van der Waals surface area contributed by atoms with Gasteiger partial charge in [-0.05, 0) is 31.4 Å². The van der Waals surface area contributed by atoms with E-state index in [-0.39, 0.29) is 12.0 Å². The summed E-state index contributed by atoms with van der Waals surface area (Å²) < 4.78 is 1.77. The normalized spacial score (nSPS) is 17.9. The van der Waals surface area contributed by atoms with Gasteiger partial charge in [0.2, 0.25) is 0 Å². The Bertz CT molecular complexity index is 723. The van der Waals surface area contributed by atoms with Gasteiger partial charge in [0.15, 0.2) is 17.5 Å². The molecule has 122 valence electrons. The predicted octanol–water partition coefficient (Wildman–Crippen LogP) is 2.31. The van der Waals surface area contributed by atoms with Crippen LogP contribution in [0.4, 0.5) is 4.79 Å². The maximum Gasteiger partial charge on any atom is 0.315 e. The van der Waals surface area contributed by atoms with E-state index in [4.69, 9.17) is 10.7 Å². The highest BCUT2D eigenvalue weighted by atomic mass is 16.2. The summed E-state index contributed by atoms with van der Waals surface area (Å²) in [6, 6.07) is 3.33. The van der Waals surface area contributed by atoms with Gasteiger partial charge in [-0.1, -0.05) is 19.9 Å².